The number of thiophene rings is 1. The first kappa shape index (κ1) is 14.8. The first-order chi connectivity index (χ1) is 13.4. The molecule has 0 radical (unpaired) electrons. The summed E-state index contributed by atoms with van der Waals surface area (Å²) in [5, 5.41) is 13.6. The van der Waals surface area contributed by atoms with E-state index in [1.807, 2.05) is 0 Å². The van der Waals surface area contributed by atoms with E-state index in [2.05, 4.69) is 84.0 Å². The summed E-state index contributed by atoms with van der Waals surface area (Å²) >= 11 is 1.80. The summed E-state index contributed by atoms with van der Waals surface area (Å²) in [7, 11) is 0. The van der Waals surface area contributed by atoms with Crippen molar-refractivity contribution >= 4 is 69.5 Å². The van der Waals surface area contributed by atoms with Crippen LogP contribution in [0.2, 0.25) is 0 Å². The SMILES string of the molecule is N=Nc1cc2c3ccccc3c3ccccc3c2c2sc3ccccc3c12. The van der Waals surface area contributed by atoms with Crippen molar-refractivity contribution in [2.75, 3.05) is 0 Å². The first-order valence-corrected chi connectivity index (χ1v) is 9.73. The molecular weight excluding hydrogens is 348 g/mol. The Hall–Kier alpha value is -3.30. The predicted octanol–water partition coefficient (Wildman–Crippen LogP) is 8.18. The van der Waals surface area contributed by atoms with Crippen molar-refractivity contribution in [1.29, 1.82) is 5.53 Å². The maximum absolute atomic E-state index is 7.82. The van der Waals surface area contributed by atoms with Crippen LogP contribution in [-0.2, 0) is 0 Å². The minimum Gasteiger partial charge on any atom is -0.204 e. The third-order valence-electron chi connectivity index (χ3n) is 5.45. The molecular formula is C24H14N2S. The average Bonchev–Trinajstić information content (AvgIpc) is 3.12. The van der Waals surface area contributed by atoms with E-state index in [0.717, 1.165) is 11.1 Å². The van der Waals surface area contributed by atoms with Gasteiger partial charge in [0.2, 0.25) is 0 Å². The molecule has 0 fully saturated rings. The highest BCUT2D eigenvalue weighted by Crippen LogP contribution is 2.47. The van der Waals surface area contributed by atoms with Gasteiger partial charge in [-0.15, -0.1) is 11.3 Å². The number of nitrogens with one attached hydrogen (secondary N) is 1. The van der Waals surface area contributed by atoms with Crippen LogP contribution in [0.4, 0.5) is 5.69 Å². The van der Waals surface area contributed by atoms with Gasteiger partial charge in [0, 0.05) is 25.6 Å². The summed E-state index contributed by atoms with van der Waals surface area (Å²) in [5.41, 5.74) is 8.56. The van der Waals surface area contributed by atoms with Crippen molar-refractivity contribution in [1.82, 2.24) is 0 Å². The predicted molar refractivity (Wildman–Crippen MR) is 117 cm³/mol. The molecule has 1 heterocycles. The van der Waals surface area contributed by atoms with Gasteiger partial charge in [-0.25, -0.2) is 5.53 Å². The number of hydrogen-bond acceptors (Lipinski definition) is 3. The van der Waals surface area contributed by atoms with E-state index in [-0.39, 0.29) is 0 Å². The molecule has 27 heavy (non-hydrogen) atoms. The quantitative estimate of drug-likeness (QED) is 0.226. The van der Waals surface area contributed by atoms with Gasteiger partial charge in [-0.3, -0.25) is 0 Å². The fourth-order valence-corrected chi connectivity index (χ4v) is 5.62. The van der Waals surface area contributed by atoms with E-state index >= 15 is 0 Å². The van der Waals surface area contributed by atoms with Gasteiger partial charge >= 0.3 is 0 Å². The van der Waals surface area contributed by atoms with Crippen LogP contribution in [0.5, 0.6) is 0 Å². The molecule has 1 aromatic heterocycles. The molecule has 0 aliphatic carbocycles. The Kier molecular flexibility index (Phi) is 2.94. The summed E-state index contributed by atoms with van der Waals surface area (Å²) < 4.78 is 2.46. The number of rotatable bonds is 1. The van der Waals surface area contributed by atoms with Crippen LogP contribution in [-0.4, -0.2) is 0 Å². The molecule has 0 spiro atoms. The van der Waals surface area contributed by atoms with E-state index in [1.54, 1.807) is 11.3 Å². The smallest absolute Gasteiger partial charge is 0.0949 e. The monoisotopic (exact) mass is 362 g/mol. The van der Waals surface area contributed by atoms with Crippen molar-refractivity contribution < 1.29 is 0 Å². The topological polar surface area (TPSA) is 36.2 Å². The number of nitrogens with zero attached hydrogens (tertiary/aromatic N) is 1. The van der Waals surface area contributed by atoms with Crippen LogP contribution >= 0.6 is 11.3 Å². The lowest BCUT2D eigenvalue weighted by Gasteiger charge is -2.12. The molecule has 126 valence electrons. The van der Waals surface area contributed by atoms with Crippen LogP contribution in [0.25, 0.3) is 52.5 Å². The van der Waals surface area contributed by atoms with E-state index in [9.17, 15) is 0 Å². The first-order valence-electron chi connectivity index (χ1n) is 8.91. The maximum atomic E-state index is 7.82. The Balaban J connectivity index is 2.05. The fraction of sp³-hybridized carbons (Fsp3) is 0. The molecule has 3 heteroatoms. The fourth-order valence-electron chi connectivity index (χ4n) is 4.34. The van der Waals surface area contributed by atoms with Gasteiger partial charge in [0.25, 0.3) is 0 Å². The lowest BCUT2D eigenvalue weighted by Crippen LogP contribution is -1.83. The van der Waals surface area contributed by atoms with Gasteiger partial charge in [0.1, 0.15) is 0 Å². The van der Waals surface area contributed by atoms with E-state index in [1.165, 1.54) is 47.1 Å². The van der Waals surface area contributed by atoms with Crippen LogP contribution in [0.1, 0.15) is 0 Å². The van der Waals surface area contributed by atoms with Crippen molar-refractivity contribution in [3.8, 4) is 0 Å². The van der Waals surface area contributed by atoms with Crippen molar-refractivity contribution in [3.63, 3.8) is 0 Å². The molecule has 0 saturated carbocycles. The second kappa shape index (κ2) is 5.35. The normalized spacial score (nSPS) is 11.9. The molecule has 0 bridgehead atoms. The zero-order chi connectivity index (χ0) is 18.0. The molecule has 1 N–H and O–H groups in total. The van der Waals surface area contributed by atoms with Crippen LogP contribution in [0.3, 0.4) is 0 Å². The second-order valence-corrected chi connectivity index (χ2v) is 7.88. The Bertz CT molecular complexity index is 1540. The standard InChI is InChI=1S/C24H14N2S/c25-26-20-13-19-16-9-2-1-7-14(16)15-8-3-4-10-17(15)22(19)24-23(20)18-11-5-6-12-21(18)27-24/h1-13,25H. The van der Waals surface area contributed by atoms with Gasteiger partial charge in [0.15, 0.2) is 0 Å². The van der Waals surface area contributed by atoms with Gasteiger partial charge in [-0.2, -0.15) is 5.11 Å². The minimum atomic E-state index is 0.746. The molecule has 0 aliphatic rings. The average molecular weight is 362 g/mol. The minimum absolute atomic E-state index is 0.746. The molecule has 6 aromatic rings. The third kappa shape index (κ3) is 1.89. The summed E-state index contributed by atoms with van der Waals surface area (Å²) in [6.07, 6.45) is 0. The maximum Gasteiger partial charge on any atom is 0.0949 e. The molecule has 5 aromatic carbocycles. The molecule has 0 saturated heterocycles. The Labute approximate surface area is 159 Å². The van der Waals surface area contributed by atoms with Gasteiger partial charge < -0.3 is 0 Å². The van der Waals surface area contributed by atoms with Crippen molar-refractivity contribution in [2.24, 2.45) is 5.11 Å². The highest BCUT2D eigenvalue weighted by molar-refractivity contribution is 7.27. The highest BCUT2D eigenvalue weighted by atomic mass is 32.1. The molecule has 0 aliphatic heterocycles. The molecule has 6 rings (SSSR count). The summed E-state index contributed by atoms with van der Waals surface area (Å²) in [5.74, 6) is 0. The summed E-state index contributed by atoms with van der Waals surface area (Å²) in [4.78, 5) is 0. The number of fused-ring (bicyclic) bond motifs is 10. The van der Waals surface area contributed by atoms with E-state index in [4.69, 9.17) is 5.53 Å². The third-order valence-corrected chi connectivity index (χ3v) is 6.64. The number of hydrogen-bond donors (Lipinski definition) is 1. The molecule has 0 atom stereocenters. The second-order valence-electron chi connectivity index (χ2n) is 6.82. The summed E-state index contributed by atoms with van der Waals surface area (Å²) in [6, 6.07) is 27.7. The van der Waals surface area contributed by atoms with Crippen molar-refractivity contribution in [3.05, 3.63) is 78.9 Å². The van der Waals surface area contributed by atoms with Gasteiger partial charge in [-0.05, 0) is 39.1 Å². The Morgan fingerprint density at radius 2 is 1.15 bits per heavy atom. The highest BCUT2D eigenvalue weighted by Gasteiger charge is 2.17. The van der Waals surface area contributed by atoms with E-state index in [0.29, 0.717) is 0 Å². The van der Waals surface area contributed by atoms with Gasteiger partial charge in [0.05, 0.1) is 5.69 Å². The Morgan fingerprint density at radius 3 is 1.85 bits per heavy atom. The van der Waals surface area contributed by atoms with Crippen LogP contribution in [0.15, 0.2) is 84.0 Å². The van der Waals surface area contributed by atoms with E-state index < -0.39 is 0 Å². The largest absolute Gasteiger partial charge is 0.204 e. The van der Waals surface area contributed by atoms with Crippen LogP contribution < -0.4 is 0 Å². The molecule has 0 amide bonds. The van der Waals surface area contributed by atoms with Crippen molar-refractivity contribution in [2.45, 2.75) is 0 Å². The number of benzene rings is 5. The molecule has 2 nitrogen and oxygen atoms in total. The zero-order valence-corrected chi connectivity index (χ0v) is 15.2. The zero-order valence-electron chi connectivity index (χ0n) is 14.4. The molecule has 0 unspecified atom stereocenters. The lowest BCUT2D eigenvalue weighted by molar-refractivity contribution is 1.16. The van der Waals surface area contributed by atoms with Gasteiger partial charge in [-0.1, -0.05) is 66.7 Å². The Morgan fingerprint density at radius 1 is 0.593 bits per heavy atom. The summed E-state index contributed by atoms with van der Waals surface area (Å²) in [6.45, 7) is 0. The lowest BCUT2D eigenvalue weighted by atomic mass is 9.92. The van der Waals surface area contributed by atoms with Crippen LogP contribution in [0, 0.1) is 5.53 Å².